The monoisotopic (exact) mass is 458 g/mol. The van der Waals surface area contributed by atoms with E-state index in [9.17, 15) is 4.79 Å². The van der Waals surface area contributed by atoms with Crippen LogP contribution in [-0.4, -0.2) is 12.9 Å². The summed E-state index contributed by atoms with van der Waals surface area (Å²) in [6, 6.07) is 22.4. The summed E-state index contributed by atoms with van der Waals surface area (Å²) in [5.74, 6) is 0.654. The first-order valence-electron chi connectivity index (χ1n) is 8.15. The first-order chi connectivity index (χ1) is 13.1. The van der Waals surface area contributed by atoms with E-state index in [0.717, 1.165) is 20.7 Å². The largest absolute Gasteiger partial charge is 0.496 e. The Hall–Kier alpha value is -2.01. The standard InChI is InChI=1S/C22H16BrClO2S/c1-26-20-5-3-2-4-16(20)14-21(27-19-12-8-17(23)9-13-19)22(25)15-6-10-18(24)11-7-15/h2-14H,1H3. The van der Waals surface area contributed by atoms with E-state index < -0.39 is 0 Å². The fraction of sp³-hybridized carbons (Fsp3) is 0.0455. The minimum absolute atomic E-state index is 0.0644. The molecule has 0 saturated carbocycles. The minimum atomic E-state index is -0.0644. The predicted molar refractivity (Wildman–Crippen MR) is 117 cm³/mol. The SMILES string of the molecule is COc1ccccc1C=C(Sc1ccc(Br)cc1)C(=O)c1ccc(Cl)cc1. The van der Waals surface area contributed by atoms with Gasteiger partial charge in [0.25, 0.3) is 0 Å². The first kappa shape index (κ1) is 19.7. The van der Waals surface area contributed by atoms with Gasteiger partial charge in [0, 0.05) is 25.5 Å². The normalized spacial score (nSPS) is 11.3. The molecule has 3 rings (SSSR count). The molecular formula is C22H16BrClO2S. The van der Waals surface area contributed by atoms with Crippen molar-refractivity contribution < 1.29 is 9.53 Å². The highest BCUT2D eigenvalue weighted by molar-refractivity contribution is 9.10. The average molecular weight is 460 g/mol. The van der Waals surface area contributed by atoms with Gasteiger partial charge in [0.2, 0.25) is 0 Å². The van der Waals surface area contributed by atoms with Gasteiger partial charge in [0.05, 0.1) is 12.0 Å². The first-order valence-corrected chi connectivity index (χ1v) is 10.1. The van der Waals surface area contributed by atoms with E-state index in [-0.39, 0.29) is 5.78 Å². The molecule has 136 valence electrons. The number of ether oxygens (including phenoxy) is 1. The predicted octanol–water partition coefficient (Wildman–Crippen LogP) is 7.13. The Morgan fingerprint density at radius 2 is 1.67 bits per heavy atom. The van der Waals surface area contributed by atoms with Crippen LogP contribution in [0.4, 0.5) is 0 Å². The van der Waals surface area contributed by atoms with E-state index in [0.29, 0.717) is 15.5 Å². The van der Waals surface area contributed by atoms with E-state index in [1.54, 1.807) is 31.4 Å². The third-order valence-corrected chi connectivity index (χ3v) is 5.61. The van der Waals surface area contributed by atoms with Crippen molar-refractivity contribution in [2.45, 2.75) is 4.90 Å². The molecule has 3 aromatic carbocycles. The topological polar surface area (TPSA) is 26.3 Å². The molecule has 0 unspecified atom stereocenters. The van der Waals surface area contributed by atoms with Crippen molar-refractivity contribution in [3.63, 3.8) is 0 Å². The number of Topliss-reactive ketones (excluding diaryl/α,β-unsaturated/α-hetero) is 1. The van der Waals surface area contributed by atoms with E-state index in [1.165, 1.54) is 11.8 Å². The molecule has 3 aromatic rings. The molecule has 0 fully saturated rings. The van der Waals surface area contributed by atoms with Crippen molar-refractivity contribution >= 4 is 51.2 Å². The number of carbonyl (C=O) groups is 1. The molecule has 0 aliphatic rings. The molecule has 0 saturated heterocycles. The summed E-state index contributed by atoms with van der Waals surface area (Å²) >= 11 is 10.8. The third-order valence-electron chi connectivity index (χ3n) is 3.80. The zero-order valence-corrected chi connectivity index (χ0v) is 17.6. The zero-order chi connectivity index (χ0) is 19.2. The second-order valence-corrected chi connectivity index (χ2v) is 8.11. The van der Waals surface area contributed by atoms with Crippen molar-refractivity contribution in [1.29, 1.82) is 0 Å². The highest BCUT2D eigenvalue weighted by atomic mass is 79.9. The van der Waals surface area contributed by atoms with Crippen LogP contribution in [0.1, 0.15) is 15.9 Å². The summed E-state index contributed by atoms with van der Waals surface area (Å²) in [7, 11) is 1.62. The van der Waals surface area contributed by atoms with Gasteiger partial charge in [-0.05, 0) is 60.7 Å². The molecular weight excluding hydrogens is 444 g/mol. The van der Waals surface area contributed by atoms with Gasteiger partial charge in [-0.1, -0.05) is 57.5 Å². The number of benzene rings is 3. The Labute approximate surface area is 176 Å². The minimum Gasteiger partial charge on any atom is -0.496 e. The summed E-state index contributed by atoms with van der Waals surface area (Å²) in [4.78, 5) is 14.7. The molecule has 0 aliphatic heterocycles. The van der Waals surface area contributed by atoms with Crippen LogP contribution in [0.15, 0.2) is 87.1 Å². The van der Waals surface area contributed by atoms with Gasteiger partial charge >= 0.3 is 0 Å². The van der Waals surface area contributed by atoms with Crippen molar-refractivity contribution in [3.05, 3.63) is 98.3 Å². The van der Waals surface area contributed by atoms with Gasteiger partial charge in [-0.2, -0.15) is 0 Å². The van der Waals surface area contributed by atoms with E-state index in [4.69, 9.17) is 16.3 Å². The molecule has 0 spiro atoms. The number of methoxy groups -OCH3 is 1. The highest BCUT2D eigenvalue weighted by Crippen LogP contribution is 2.33. The summed E-state index contributed by atoms with van der Waals surface area (Å²) < 4.78 is 6.42. The fourth-order valence-electron chi connectivity index (χ4n) is 2.44. The van der Waals surface area contributed by atoms with Crippen molar-refractivity contribution in [2.75, 3.05) is 7.11 Å². The third kappa shape index (κ3) is 5.25. The van der Waals surface area contributed by atoms with Crippen LogP contribution in [0.25, 0.3) is 6.08 Å². The number of para-hydroxylation sites is 1. The van der Waals surface area contributed by atoms with E-state index in [1.807, 2.05) is 54.6 Å². The second-order valence-electron chi connectivity index (χ2n) is 5.64. The van der Waals surface area contributed by atoms with Gasteiger partial charge in [-0.15, -0.1) is 0 Å². The Bertz CT molecular complexity index is 966. The summed E-state index contributed by atoms with van der Waals surface area (Å²) in [5.41, 5.74) is 1.44. The second kappa shape index (κ2) is 9.27. The lowest BCUT2D eigenvalue weighted by atomic mass is 10.1. The molecule has 27 heavy (non-hydrogen) atoms. The molecule has 0 atom stereocenters. The van der Waals surface area contributed by atoms with Crippen LogP contribution >= 0.6 is 39.3 Å². The maximum atomic E-state index is 13.1. The molecule has 0 aliphatic carbocycles. The fourth-order valence-corrected chi connectivity index (χ4v) is 3.75. The summed E-state index contributed by atoms with van der Waals surface area (Å²) in [6.45, 7) is 0. The number of halogens is 2. The number of hydrogen-bond acceptors (Lipinski definition) is 3. The molecule has 0 amide bonds. The Morgan fingerprint density at radius 1 is 1.00 bits per heavy atom. The molecule has 5 heteroatoms. The van der Waals surface area contributed by atoms with Crippen LogP contribution in [0.3, 0.4) is 0 Å². The van der Waals surface area contributed by atoms with Crippen molar-refractivity contribution in [2.24, 2.45) is 0 Å². The van der Waals surface area contributed by atoms with Crippen LogP contribution in [-0.2, 0) is 0 Å². The molecule has 0 aromatic heterocycles. The van der Waals surface area contributed by atoms with Gasteiger partial charge in [0.1, 0.15) is 5.75 Å². The van der Waals surface area contributed by atoms with E-state index in [2.05, 4.69) is 15.9 Å². The van der Waals surface area contributed by atoms with Crippen LogP contribution in [0.2, 0.25) is 5.02 Å². The maximum absolute atomic E-state index is 13.1. The van der Waals surface area contributed by atoms with Gasteiger partial charge in [0.15, 0.2) is 5.78 Å². The number of ketones is 1. The number of hydrogen-bond donors (Lipinski definition) is 0. The number of allylic oxidation sites excluding steroid dienone is 1. The van der Waals surface area contributed by atoms with Crippen LogP contribution < -0.4 is 4.74 Å². The van der Waals surface area contributed by atoms with Crippen LogP contribution in [0.5, 0.6) is 5.75 Å². The Balaban J connectivity index is 2.02. The Kier molecular flexibility index (Phi) is 6.78. The molecule has 0 heterocycles. The van der Waals surface area contributed by atoms with Gasteiger partial charge in [-0.3, -0.25) is 4.79 Å². The average Bonchev–Trinajstić information content (AvgIpc) is 2.69. The highest BCUT2D eigenvalue weighted by Gasteiger charge is 2.15. The lowest BCUT2D eigenvalue weighted by Gasteiger charge is -2.10. The number of rotatable bonds is 6. The van der Waals surface area contributed by atoms with Crippen LogP contribution in [0, 0.1) is 0 Å². The summed E-state index contributed by atoms with van der Waals surface area (Å²) in [6.07, 6.45) is 1.86. The molecule has 2 nitrogen and oxygen atoms in total. The number of thioether (sulfide) groups is 1. The Morgan fingerprint density at radius 3 is 2.33 bits per heavy atom. The zero-order valence-electron chi connectivity index (χ0n) is 14.5. The number of carbonyl (C=O) groups excluding carboxylic acids is 1. The molecule has 0 radical (unpaired) electrons. The van der Waals surface area contributed by atoms with E-state index >= 15 is 0 Å². The van der Waals surface area contributed by atoms with Crippen molar-refractivity contribution in [1.82, 2.24) is 0 Å². The lowest BCUT2D eigenvalue weighted by molar-refractivity contribution is 0.104. The van der Waals surface area contributed by atoms with Gasteiger partial charge < -0.3 is 4.74 Å². The smallest absolute Gasteiger partial charge is 0.199 e. The quantitative estimate of drug-likeness (QED) is 0.223. The maximum Gasteiger partial charge on any atom is 0.199 e. The molecule has 0 bridgehead atoms. The summed E-state index contributed by atoms with van der Waals surface area (Å²) in [5, 5.41) is 0.599. The lowest BCUT2D eigenvalue weighted by Crippen LogP contribution is -2.01. The van der Waals surface area contributed by atoms with Crippen molar-refractivity contribution in [3.8, 4) is 5.75 Å². The van der Waals surface area contributed by atoms with Gasteiger partial charge in [-0.25, -0.2) is 0 Å². The molecule has 0 N–H and O–H groups in total.